The van der Waals surface area contributed by atoms with Crippen LogP contribution in [0.2, 0.25) is 0 Å². The second-order valence-electron chi connectivity index (χ2n) is 6.37. The minimum absolute atomic E-state index is 0.128. The Kier molecular flexibility index (Phi) is 4.46. The van der Waals surface area contributed by atoms with Crippen molar-refractivity contribution < 1.29 is 14.6 Å². The number of methoxy groups -OCH3 is 2. The molecule has 1 fully saturated rings. The number of thiazole rings is 1. The summed E-state index contributed by atoms with van der Waals surface area (Å²) in [4.78, 5) is 8.30. The fourth-order valence-electron chi connectivity index (χ4n) is 3.66. The van der Waals surface area contributed by atoms with Gasteiger partial charge >= 0.3 is 0 Å². The molecule has 1 saturated heterocycles. The molecule has 1 aliphatic rings. The smallest absolute Gasteiger partial charge is 0.230 e. The average Bonchev–Trinajstić information content (AvgIpc) is 3.35. The van der Waals surface area contributed by atoms with Crippen molar-refractivity contribution in [2.24, 2.45) is 0 Å². The van der Waals surface area contributed by atoms with Crippen LogP contribution in [0.4, 0.5) is 0 Å². The number of hydrogen-bond donors (Lipinski definition) is 1. The van der Waals surface area contributed by atoms with Crippen LogP contribution in [0, 0.1) is 6.92 Å². The lowest BCUT2D eigenvalue weighted by Crippen LogP contribution is -2.26. The predicted octanol–water partition coefficient (Wildman–Crippen LogP) is 3.01. The van der Waals surface area contributed by atoms with Crippen LogP contribution in [0.15, 0.2) is 18.2 Å². The van der Waals surface area contributed by atoms with E-state index in [1.807, 2.05) is 25.1 Å². The van der Waals surface area contributed by atoms with E-state index in [4.69, 9.17) is 9.47 Å². The summed E-state index contributed by atoms with van der Waals surface area (Å²) in [5, 5.41) is 15.2. The van der Waals surface area contributed by atoms with Crippen LogP contribution >= 0.6 is 11.3 Å². The van der Waals surface area contributed by atoms with E-state index >= 15 is 0 Å². The maximum absolute atomic E-state index is 10.9. The van der Waals surface area contributed by atoms with Crippen molar-refractivity contribution >= 4 is 16.3 Å². The van der Waals surface area contributed by atoms with Crippen molar-refractivity contribution in [3.8, 4) is 17.4 Å². The number of hydrogen-bond acceptors (Lipinski definition) is 7. The Bertz CT molecular complexity index is 930. The maximum atomic E-state index is 10.9. The van der Waals surface area contributed by atoms with E-state index in [9.17, 15) is 5.11 Å². The molecular weight excluding hydrogens is 352 g/mol. The van der Waals surface area contributed by atoms with E-state index < -0.39 is 0 Å². The third-order valence-corrected chi connectivity index (χ3v) is 5.86. The molecule has 8 heteroatoms. The zero-order chi connectivity index (χ0) is 18.3. The molecule has 0 amide bonds. The lowest BCUT2D eigenvalue weighted by atomic mass is 10.0. The highest BCUT2D eigenvalue weighted by Crippen LogP contribution is 2.46. The molecule has 3 aromatic rings. The Morgan fingerprint density at radius 1 is 1.19 bits per heavy atom. The quantitative estimate of drug-likeness (QED) is 0.740. The first-order chi connectivity index (χ1) is 12.6. The molecule has 0 aliphatic carbocycles. The molecule has 138 valence electrons. The first kappa shape index (κ1) is 17.1. The number of likely N-dealkylation sites (tertiary alicyclic amines) is 1. The van der Waals surface area contributed by atoms with E-state index in [2.05, 4.69) is 15.0 Å². The van der Waals surface area contributed by atoms with Gasteiger partial charge in [-0.3, -0.25) is 4.90 Å². The Hall–Kier alpha value is -2.32. The highest BCUT2D eigenvalue weighted by atomic mass is 32.1. The average molecular weight is 374 g/mol. The molecule has 1 atom stereocenters. The summed E-state index contributed by atoms with van der Waals surface area (Å²) in [5.74, 6) is 2.17. The maximum Gasteiger partial charge on any atom is 0.230 e. The van der Waals surface area contributed by atoms with Gasteiger partial charge in [-0.15, -0.1) is 5.10 Å². The first-order valence-electron chi connectivity index (χ1n) is 8.64. The molecule has 26 heavy (non-hydrogen) atoms. The number of aromatic hydroxyl groups is 1. The number of nitrogens with zero attached hydrogens (tertiary/aromatic N) is 4. The zero-order valence-corrected chi connectivity index (χ0v) is 15.9. The molecule has 1 N–H and O–H groups in total. The SMILES string of the molecule is COc1cccc(C(c2sc3nc(C)nn3c2O)N2CCCC2)c1OC. The molecule has 2 aromatic heterocycles. The number of aromatic nitrogens is 3. The minimum Gasteiger partial charge on any atom is -0.493 e. The van der Waals surface area contributed by atoms with Crippen molar-refractivity contribution in [3.05, 3.63) is 34.5 Å². The van der Waals surface area contributed by atoms with Gasteiger partial charge in [0.2, 0.25) is 10.8 Å². The van der Waals surface area contributed by atoms with Crippen molar-refractivity contribution in [2.75, 3.05) is 27.3 Å². The fourth-order valence-corrected chi connectivity index (χ4v) is 4.81. The summed E-state index contributed by atoms with van der Waals surface area (Å²) in [6.07, 6.45) is 2.28. The molecule has 3 heterocycles. The molecular formula is C18H22N4O3S. The highest BCUT2D eigenvalue weighted by Gasteiger charge is 2.33. The highest BCUT2D eigenvalue weighted by molar-refractivity contribution is 7.17. The standard InChI is InChI=1S/C18H22N4O3S/c1-11-19-18-22(20-11)17(23)16(26-18)14(21-9-4-5-10-21)12-7-6-8-13(24-2)15(12)25-3/h6-8,14,23H,4-5,9-10H2,1-3H3. The Labute approximate surface area is 155 Å². The second kappa shape index (κ2) is 6.77. The third-order valence-electron chi connectivity index (χ3n) is 4.79. The van der Waals surface area contributed by atoms with Crippen LogP contribution in [0.5, 0.6) is 17.4 Å². The molecule has 7 nitrogen and oxygen atoms in total. The largest absolute Gasteiger partial charge is 0.493 e. The summed E-state index contributed by atoms with van der Waals surface area (Å²) in [5.41, 5.74) is 0.977. The van der Waals surface area contributed by atoms with E-state index in [1.54, 1.807) is 14.2 Å². The molecule has 0 spiro atoms. The summed E-state index contributed by atoms with van der Waals surface area (Å²) in [6, 6.07) is 5.74. The van der Waals surface area contributed by atoms with Crippen LogP contribution in [-0.2, 0) is 0 Å². The number of para-hydroxylation sites is 1. The number of fused-ring (bicyclic) bond motifs is 1. The lowest BCUT2D eigenvalue weighted by molar-refractivity contribution is 0.267. The van der Waals surface area contributed by atoms with E-state index in [1.165, 1.54) is 15.9 Å². The van der Waals surface area contributed by atoms with Gasteiger partial charge in [-0.05, 0) is 38.9 Å². The Morgan fingerprint density at radius 3 is 2.62 bits per heavy atom. The second-order valence-corrected chi connectivity index (χ2v) is 7.38. The van der Waals surface area contributed by atoms with Gasteiger partial charge in [0.1, 0.15) is 5.82 Å². The van der Waals surface area contributed by atoms with E-state index in [0.29, 0.717) is 22.3 Å². The van der Waals surface area contributed by atoms with Crippen LogP contribution in [-0.4, -0.2) is 51.9 Å². The summed E-state index contributed by atoms with van der Waals surface area (Å²) < 4.78 is 12.7. The molecule has 4 rings (SSSR count). The number of benzene rings is 1. The zero-order valence-electron chi connectivity index (χ0n) is 15.1. The van der Waals surface area contributed by atoms with Gasteiger partial charge < -0.3 is 14.6 Å². The van der Waals surface area contributed by atoms with Crippen molar-refractivity contribution in [1.82, 2.24) is 19.5 Å². The lowest BCUT2D eigenvalue weighted by Gasteiger charge is -2.28. The number of ether oxygens (including phenoxy) is 2. The van der Waals surface area contributed by atoms with Crippen molar-refractivity contribution in [2.45, 2.75) is 25.8 Å². The number of aryl methyl sites for hydroxylation is 1. The van der Waals surface area contributed by atoms with E-state index in [0.717, 1.165) is 36.4 Å². The molecule has 0 radical (unpaired) electrons. The van der Waals surface area contributed by atoms with E-state index in [-0.39, 0.29) is 11.9 Å². The van der Waals surface area contributed by atoms with Crippen LogP contribution in [0.3, 0.4) is 0 Å². The van der Waals surface area contributed by atoms with Gasteiger partial charge in [-0.25, -0.2) is 4.98 Å². The molecule has 1 aromatic carbocycles. The minimum atomic E-state index is -0.128. The van der Waals surface area contributed by atoms with Gasteiger partial charge in [0.05, 0.1) is 25.1 Å². The third kappa shape index (κ3) is 2.69. The monoisotopic (exact) mass is 374 g/mol. The topological polar surface area (TPSA) is 72.1 Å². The number of rotatable bonds is 5. The van der Waals surface area contributed by atoms with Gasteiger partial charge in [0, 0.05) is 5.56 Å². The fraction of sp³-hybridized carbons (Fsp3) is 0.444. The van der Waals surface area contributed by atoms with Crippen molar-refractivity contribution in [3.63, 3.8) is 0 Å². The van der Waals surface area contributed by atoms with Gasteiger partial charge in [-0.2, -0.15) is 4.52 Å². The van der Waals surface area contributed by atoms with Crippen LogP contribution < -0.4 is 9.47 Å². The first-order valence-corrected chi connectivity index (χ1v) is 9.45. The van der Waals surface area contributed by atoms with Gasteiger partial charge in [-0.1, -0.05) is 23.5 Å². The molecule has 1 aliphatic heterocycles. The molecule has 1 unspecified atom stereocenters. The summed E-state index contributed by atoms with van der Waals surface area (Å²) in [7, 11) is 3.28. The van der Waals surface area contributed by atoms with Gasteiger partial charge in [0.25, 0.3) is 0 Å². The summed E-state index contributed by atoms with van der Waals surface area (Å²) in [6.45, 7) is 3.76. The Balaban J connectivity index is 1.90. The van der Waals surface area contributed by atoms with Crippen LogP contribution in [0.1, 0.15) is 35.1 Å². The van der Waals surface area contributed by atoms with Crippen LogP contribution in [0.25, 0.3) is 4.96 Å². The normalized spacial score (nSPS) is 16.3. The molecule has 0 saturated carbocycles. The Morgan fingerprint density at radius 2 is 1.96 bits per heavy atom. The van der Waals surface area contributed by atoms with Gasteiger partial charge in [0.15, 0.2) is 11.5 Å². The van der Waals surface area contributed by atoms with Crippen molar-refractivity contribution in [1.29, 1.82) is 0 Å². The predicted molar refractivity (Wildman–Crippen MR) is 99.5 cm³/mol. The summed E-state index contributed by atoms with van der Waals surface area (Å²) >= 11 is 1.47. The molecule has 0 bridgehead atoms.